The lowest BCUT2D eigenvalue weighted by molar-refractivity contribution is -0.147. The molecule has 1 aromatic carbocycles. The fourth-order valence-corrected chi connectivity index (χ4v) is 4.56. The molecule has 1 aliphatic heterocycles. The van der Waals surface area contributed by atoms with Gasteiger partial charge in [-0.3, -0.25) is 9.69 Å². The molecule has 3 nitrogen and oxygen atoms in total. The van der Waals surface area contributed by atoms with Crippen molar-refractivity contribution >= 4 is 5.97 Å². The van der Waals surface area contributed by atoms with Gasteiger partial charge >= 0.3 is 5.97 Å². The number of hydrogen-bond donors (Lipinski definition) is 0. The van der Waals surface area contributed by atoms with Crippen LogP contribution in [0.1, 0.15) is 63.4 Å². The number of likely N-dealkylation sites (tertiary alicyclic amines) is 1. The lowest BCUT2D eigenvalue weighted by Gasteiger charge is -2.25. The molecule has 2 aliphatic rings. The number of esters is 1. The third-order valence-corrected chi connectivity index (χ3v) is 5.88. The first kappa shape index (κ1) is 17.5. The fraction of sp³-hybridized carbons (Fsp3) is 0.667. The van der Waals surface area contributed by atoms with E-state index in [1.54, 1.807) is 0 Å². The van der Waals surface area contributed by atoms with Gasteiger partial charge in [-0.05, 0) is 50.1 Å². The Kier molecular flexibility index (Phi) is 6.30. The molecule has 1 aliphatic carbocycles. The summed E-state index contributed by atoms with van der Waals surface area (Å²) in [5.74, 6) is 0.365. The molecule has 1 heterocycles. The minimum Gasteiger partial charge on any atom is -0.464 e. The Morgan fingerprint density at radius 1 is 1.17 bits per heavy atom. The van der Waals surface area contributed by atoms with E-state index in [0.717, 1.165) is 31.5 Å². The van der Waals surface area contributed by atoms with Crippen LogP contribution < -0.4 is 0 Å². The number of rotatable bonds is 7. The van der Waals surface area contributed by atoms with Crippen LogP contribution in [0.25, 0.3) is 0 Å². The maximum absolute atomic E-state index is 12.8. The number of hydrogen-bond acceptors (Lipinski definition) is 3. The molecule has 0 aromatic heterocycles. The van der Waals surface area contributed by atoms with Gasteiger partial charge in [-0.2, -0.15) is 0 Å². The lowest BCUT2D eigenvalue weighted by Crippen LogP contribution is -2.33. The maximum atomic E-state index is 12.8. The Hall–Kier alpha value is -1.35. The van der Waals surface area contributed by atoms with E-state index in [-0.39, 0.29) is 11.9 Å². The summed E-state index contributed by atoms with van der Waals surface area (Å²) in [4.78, 5) is 15.3. The van der Waals surface area contributed by atoms with Crippen molar-refractivity contribution in [1.82, 2.24) is 4.90 Å². The third kappa shape index (κ3) is 4.18. The summed E-state index contributed by atoms with van der Waals surface area (Å²) >= 11 is 0. The highest BCUT2D eigenvalue weighted by molar-refractivity contribution is 5.78. The summed E-state index contributed by atoms with van der Waals surface area (Å²) in [6.07, 6.45) is 8.56. The van der Waals surface area contributed by atoms with Crippen molar-refractivity contribution in [2.45, 2.75) is 63.8 Å². The van der Waals surface area contributed by atoms with E-state index in [2.05, 4.69) is 24.0 Å². The van der Waals surface area contributed by atoms with E-state index in [4.69, 9.17) is 4.74 Å². The summed E-state index contributed by atoms with van der Waals surface area (Å²) in [5, 5.41) is 0. The smallest absolute Gasteiger partial charge is 0.313 e. The average molecular weight is 329 g/mol. The molecule has 0 radical (unpaired) electrons. The summed E-state index contributed by atoms with van der Waals surface area (Å²) in [6.45, 7) is 4.82. The molecule has 2 atom stereocenters. The highest BCUT2D eigenvalue weighted by atomic mass is 16.5. The van der Waals surface area contributed by atoms with E-state index in [1.165, 1.54) is 32.1 Å². The van der Waals surface area contributed by atoms with Gasteiger partial charge in [0, 0.05) is 12.6 Å². The Balaban J connectivity index is 1.57. The van der Waals surface area contributed by atoms with Gasteiger partial charge in [-0.1, -0.05) is 50.1 Å². The molecule has 24 heavy (non-hydrogen) atoms. The minimum atomic E-state index is -0.0748. The van der Waals surface area contributed by atoms with Crippen molar-refractivity contribution in [3.63, 3.8) is 0 Å². The van der Waals surface area contributed by atoms with Gasteiger partial charge in [0.2, 0.25) is 0 Å². The van der Waals surface area contributed by atoms with E-state index < -0.39 is 0 Å². The first-order chi connectivity index (χ1) is 11.8. The number of benzene rings is 1. The number of carbonyl (C=O) groups excluding carboxylic acids is 1. The van der Waals surface area contributed by atoms with Gasteiger partial charge in [0.05, 0.1) is 5.92 Å². The second kappa shape index (κ2) is 8.66. The summed E-state index contributed by atoms with van der Waals surface area (Å²) in [6, 6.07) is 10.9. The Bertz CT molecular complexity index is 510. The monoisotopic (exact) mass is 329 g/mol. The van der Waals surface area contributed by atoms with Crippen molar-refractivity contribution in [3.05, 3.63) is 35.9 Å². The zero-order chi connectivity index (χ0) is 16.8. The zero-order valence-corrected chi connectivity index (χ0v) is 15.0. The molecule has 0 bridgehead atoms. The van der Waals surface area contributed by atoms with Crippen LogP contribution in [0, 0.1) is 5.92 Å². The molecule has 1 saturated heterocycles. The molecule has 2 fully saturated rings. The summed E-state index contributed by atoms with van der Waals surface area (Å²) < 4.78 is 5.75. The van der Waals surface area contributed by atoms with Gasteiger partial charge in [0.1, 0.15) is 6.61 Å². The second-order valence-electron chi connectivity index (χ2n) is 7.34. The van der Waals surface area contributed by atoms with Crippen LogP contribution in [0.3, 0.4) is 0 Å². The molecule has 3 heteroatoms. The Morgan fingerprint density at radius 2 is 1.92 bits per heavy atom. The van der Waals surface area contributed by atoms with Crippen LogP contribution in [0.5, 0.6) is 0 Å². The number of ether oxygens (including phenoxy) is 1. The fourth-order valence-electron chi connectivity index (χ4n) is 4.56. The lowest BCUT2D eigenvalue weighted by atomic mass is 9.85. The maximum Gasteiger partial charge on any atom is 0.313 e. The van der Waals surface area contributed by atoms with E-state index >= 15 is 0 Å². The standard InChI is InChI=1S/C21H31NO2/c1-2-19-13-8-14-22(19)15-16-24-21(23)20(18-11-6-7-12-18)17-9-4-3-5-10-17/h3-5,9-10,18-20H,2,6-8,11-16H2,1H3. The SMILES string of the molecule is CCC1CCCN1CCOC(=O)C(c1ccccc1)C1CCCC1. The molecule has 0 N–H and O–H groups in total. The van der Waals surface area contributed by atoms with Gasteiger partial charge in [0.15, 0.2) is 0 Å². The average Bonchev–Trinajstić information content (AvgIpc) is 3.28. The van der Waals surface area contributed by atoms with Crippen molar-refractivity contribution in [2.24, 2.45) is 5.92 Å². The van der Waals surface area contributed by atoms with Crippen molar-refractivity contribution in [2.75, 3.05) is 19.7 Å². The largest absolute Gasteiger partial charge is 0.464 e. The van der Waals surface area contributed by atoms with Crippen molar-refractivity contribution in [1.29, 1.82) is 0 Å². The van der Waals surface area contributed by atoms with Crippen molar-refractivity contribution < 1.29 is 9.53 Å². The van der Waals surface area contributed by atoms with E-state index in [0.29, 0.717) is 18.6 Å². The van der Waals surface area contributed by atoms with Crippen LogP contribution in [-0.2, 0) is 9.53 Å². The first-order valence-electron chi connectivity index (χ1n) is 9.75. The second-order valence-corrected chi connectivity index (χ2v) is 7.34. The minimum absolute atomic E-state index is 0.0136. The van der Waals surface area contributed by atoms with Crippen LogP contribution in [0.4, 0.5) is 0 Å². The molecule has 1 saturated carbocycles. The van der Waals surface area contributed by atoms with E-state index in [9.17, 15) is 4.79 Å². The normalized spacial score (nSPS) is 23.5. The molecule has 132 valence electrons. The van der Waals surface area contributed by atoms with Gasteiger partial charge in [0.25, 0.3) is 0 Å². The third-order valence-electron chi connectivity index (χ3n) is 5.88. The molecule has 2 unspecified atom stereocenters. The molecular formula is C21H31NO2. The van der Waals surface area contributed by atoms with Gasteiger partial charge in [-0.25, -0.2) is 0 Å². The van der Waals surface area contributed by atoms with Crippen molar-refractivity contribution in [3.8, 4) is 0 Å². The predicted octanol–water partition coefficient (Wildman–Crippen LogP) is 4.38. The molecular weight excluding hydrogens is 298 g/mol. The highest BCUT2D eigenvalue weighted by Crippen LogP contribution is 2.38. The first-order valence-corrected chi connectivity index (χ1v) is 9.75. The quantitative estimate of drug-likeness (QED) is 0.695. The molecule has 1 aromatic rings. The van der Waals surface area contributed by atoms with Crippen LogP contribution in [0.15, 0.2) is 30.3 Å². The number of nitrogens with zero attached hydrogens (tertiary/aromatic N) is 1. The van der Waals surface area contributed by atoms with Crippen LogP contribution in [0.2, 0.25) is 0 Å². The molecule has 3 rings (SSSR count). The van der Waals surface area contributed by atoms with Gasteiger partial charge in [-0.15, -0.1) is 0 Å². The summed E-state index contributed by atoms with van der Waals surface area (Å²) in [5.41, 5.74) is 1.13. The predicted molar refractivity (Wildman–Crippen MR) is 97.0 cm³/mol. The summed E-state index contributed by atoms with van der Waals surface area (Å²) in [7, 11) is 0. The Morgan fingerprint density at radius 3 is 2.62 bits per heavy atom. The van der Waals surface area contributed by atoms with Crippen LogP contribution >= 0.6 is 0 Å². The van der Waals surface area contributed by atoms with Gasteiger partial charge < -0.3 is 4.74 Å². The topological polar surface area (TPSA) is 29.5 Å². The Labute approximate surface area is 146 Å². The highest BCUT2D eigenvalue weighted by Gasteiger charge is 2.33. The zero-order valence-electron chi connectivity index (χ0n) is 15.0. The number of carbonyl (C=O) groups is 1. The van der Waals surface area contributed by atoms with Crippen LogP contribution in [-0.4, -0.2) is 36.6 Å². The molecule has 0 amide bonds. The van der Waals surface area contributed by atoms with E-state index in [1.807, 2.05) is 18.2 Å². The molecule has 0 spiro atoms.